The van der Waals surface area contributed by atoms with Gasteiger partial charge in [0.15, 0.2) is 0 Å². The normalized spacial score (nSPS) is 16.0. The van der Waals surface area contributed by atoms with Crippen molar-refractivity contribution in [2.24, 2.45) is 17.4 Å². The zero-order valence-electron chi connectivity index (χ0n) is 17.1. The molecule has 13 heteroatoms. The fourth-order valence-electron chi connectivity index (χ4n) is 2.33. The van der Waals surface area contributed by atoms with Gasteiger partial charge in [0.05, 0.1) is 19.1 Å². The Morgan fingerprint density at radius 1 is 0.867 bits per heavy atom. The van der Waals surface area contributed by atoms with E-state index in [1.165, 1.54) is 6.92 Å². The predicted octanol–water partition coefficient (Wildman–Crippen LogP) is -3.85. The molecule has 0 saturated carbocycles. The van der Waals surface area contributed by atoms with Crippen molar-refractivity contribution in [2.75, 3.05) is 6.61 Å². The van der Waals surface area contributed by atoms with Crippen LogP contribution in [0.4, 0.5) is 0 Å². The number of hydrogen-bond donors (Lipinski definition) is 8. The average molecular weight is 433 g/mol. The highest BCUT2D eigenvalue weighted by molar-refractivity contribution is 5.96. The van der Waals surface area contributed by atoms with Gasteiger partial charge in [0, 0.05) is 0 Å². The Hall–Kier alpha value is -2.77. The van der Waals surface area contributed by atoms with Crippen LogP contribution in [-0.4, -0.2) is 81.8 Å². The SMILES string of the molecule is CC(C)CC(NC(=O)C(N)C(C)O)C(=O)NC(CC(N)=O)C(=O)NC(CO)C(=O)O. The lowest BCUT2D eigenvalue weighted by Gasteiger charge is -2.25. The first-order valence-corrected chi connectivity index (χ1v) is 9.26. The Kier molecular flexibility index (Phi) is 11.5. The van der Waals surface area contributed by atoms with E-state index in [2.05, 4.69) is 10.6 Å². The van der Waals surface area contributed by atoms with E-state index < -0.39 is 72.9 Å². The summed E-state index contributed by atoms with van der Waals surface area (Å²) < 4.78 is 0. The molecule has 5 atom stereocenters. The van der Waals surface area contributed by atoms with Crippen LogP contribution < -0.4 is 27.4 Å². The number of carbonyl (C=O) groups excluding carboxylic acids is 4. The van der Waals surface area contributed by atoms with E-state index in [1.807, 2.05) is 5.32 Å². The van der Waals surface area contributed by atoms with Gasteiger partial charge in [0.1, 0.15) is 24.2 Å². The van der Waals surface area contributed by atoms with Gasteiger partial charge in [-0.3, -0.25) is 19.2 Å². The van der Waals surface area contributed by atoms with E-state index in [4.69, 9.17) is 21.7 Å². The zero-order valence-corrected chi connectivity index (χ0v) is 17.1. The van der Waals surface area contributed by atoms with Gasteiger partial charge < -0.3 is 42.7 Å². The van der Waals surface area contributed by atoms with E-state index >= 15 is 0 Å². The highest BCUT2D eigenvalue weighted by Crippen LogP contribution is 2.07. The summed E-state index contributed by atoms with van der Waals surface area (Å²) >= 11 is 0. The molecule has 30 heavy (non-hydrogen) atoms. The van der Waals surface area contributed by atoms with E-state index in [-0.39, 0.29) is 12.3 Å². The molecule has 0 aromatic rings. The number of hydrogen-bond acceptors (Lipinski definition) is 8. The number of nitrogens with one attached hydrogen (secondary N) is 3. The van der Waals surface area contributed by atoms with E-state index in [0.717, 1.165) is 0 Å². The number of nitrogens with two attached hydrogens (primary N) is 2. The summed E-state index contributed by atoms with van der Waals surface area (Å²) in [5.74, 6) is -5.24. The Morgan fingerprint density at radius 2 is 1.33 bits per heavy atom. The molecule has 4 amide bonds. The second kappa shape index (κ2) is 12.7. The third-order valence-corrected chi connectivity index (χ3v) is 4.00. The summed E-state index contributed by atoms with van der Waals surface area (Å²) in [6.07, 6.45) is -1.68. The minimum Gasteiger partial charge on any atom is -0.480 e. The van der Waals surface area contributed by atoms with E-state index in [0.29, 0.717) is 0 Å². The number of primary amides is 1. The number of aliphatic hydroxyl groups excluding tert-OH is 2. The zero-order chi connectivity index (χ0) is 23.6. The first-order chi connectivity index (χ1) is 13.8. The van der Waals surface area contributed by atoms with Gasteiger partial charge >= 0.3 is 5.97 Å². The molecule has 5 unspecified atom stereocenters. The van der Waals surface area contributed by atoms with Crippen LogP contribution in [0.2, 0.25) is 0 Å². The van der Waals surface area contributed by atoms with Crippen molar-refractivity contribution < 1.29 is 39.3 Å². The molecule has 0 aliphatic heterocycles. The number of aliphatic carboxylic acids is 1. The van der Waals surface area contributed by atoms with Gasteiger partial charge in [-0.1, -0.05) is 13.8 Å². The minimum absolute atomic E-state index is 0.0713. The summed E-state index contributed by atoms with van der Waals surface area (Å²) in [5, 5.41) is 34.0. The lowest BCUT2D eigenvalue weighted by molar-refractivity contribution is -0.143. The largest absolute Gasteiger partial charge is 0.480 e. The van der Waals surface area contributed by atoms with E-state index in [1.54, 1.807) is 13.8 Å². The first kappa shape index (κ1) is 27.2. The van der Waals surface area contributed by atoms with Gasteiger partial charge in [-0.05, 0) is 19.3 Å². The molecule has 0 aliphatic rings. The molecule has 0 bridgehead atoms. The van der Waals surface area contributed by atoms with Crippen LogP contribution in [0.15, 0.2) is 0 Å². The molecular weight excluding hydrogens is 402 g/mol. The van der Waals surface area contributed by atoms with Crippen LogP contribution in [0.5, 0.6) is 0 Å². The van der Waals surface area contributed by atoms with Crippen LogP contribution in [0.1, 0.15) is 33.6 Å². The van der Waals surface area contributed by atoms with Crippen LogP contribution in [0.25, 0.3) is 0 Å². The molecule has 10 N–H and O–H groups in total. The van der Waals surface area contributed by atoms with Crippen LogP contribution in [0, 0.1) is 5.92 Å². The number of amides is 4. The van der Waals surface area contributed by atoms with Gasteiger partial charge in [0.2, 0.25) is 23.6 Å². The number of carboxylic acids is 1. The standard InChI is InChI=1S/C17H31N5O8/c1-7(2)4-9(21-16(28)13(19)8(3)24)14(26)20-10(5-12(18)25)15(27)22-11(6-23)17(29)30/h7-11,13,23-24H,4-6,19H2,1-3H3,(H2,18,25)(H,20,26)(H,21,28)(H,22,27)(H,29,30). The molecule has 0 heterocycles. The summed E-state index contributed by atoms with van der Waals surface area (Å²) in [6.45, 7) is 3.93. The van der Waals surface area contributed by atoms with Crippen LogP contribution in [0.3, 0.4) is 0 Å². The lowest BCUT2D eigenvalue weighted by atomic mass is 10.0. The third-order valence-electron chi connectivity index (χ3n) is 4.00. The lowest BCUT2D eigenvalue weighted by Crippen LogP contribution is -2.59. The Balaban J connectivity index is 5.45. The van der Waals surface area contributed by atoms with Crippen molar-refractivity contribution in [3.63, 3.8) is 0 Å². The van der Waals surface area contributed by atoms with Crippen LogP contribution in [-0.2, 0) is 24.0 Å². The van der Waals surface area contributed by atoms with Crippen LogP contribution >= 0.6 is 0 Å². The molecule has 172 valence electrons. The summed E-state index contributed by atoms with van der Waals surface area (Å²) in [6, 6.07) is -5.64. The fourth-order valence-corrected chi connectivity index (χ4v) is 2.33. The minimum atomic E-state index is -1.65. The van der Waals surface area contributed by atoms with E-state index in [9.17, 15) is 29.1 Å². The number of carbonyl (C=O) groups is 5. The van der Waals surface area contributed by atoms with Crippen molar-refractivity contribution in [2.45, 2.75) is 63.9 Å². The van der Waals surface area contributed by atoms with Crippen molar-refractivity contribution in [1.82, 2.24) is 16.0 Å². The van der Waals surface area contributed by atoms with Gasteiger partial charge in [0.25, 0.3) is 0 Å². The molecule has 0 aliphatic carbocycles. The molecule has 0 fully saturated rings. The molecule has 0 saturated heterocycles. The second-order valence-corrected chi connectivity index (χ2v) is 7.27. The summed E-state index contributed by atoms with van der Waals surface area (Å²) in [4.78, 5) is 59.3. The Bertz CT molecular complexity index is 640. The Labute approximate surface area is 173 Å². The highest BCUT2D eigenvalue weighted by Gasteiger charge is 2.31. The first-order valence-electron chi connectivity index (χ1n) is 9.26. The summed E-state index contributed by atoms with van der Waals surface area (Å²) in [7, 11) is 0. The van der Waals surface area contributed by atoms with Crippen molar-refractivity contribution >= 4 is 29.6 Å². The van der Waals surface area contributed by atoms with Gasteiger partial charge in [-0.2, -0.15) is 0 Å². The van der Waals surface area contributed by atoms with Gasteiger partial charge in [-0.25, -0.2) is 4.79 Å². The molecule has 0 aromatic heterocycles. The van der Waals surface area contributed by atoms with Crippen molar-refractivity contribution in [1.29, 1.82) is 0 Å². The highest BCUT2D eigenvalue weighted by atomic mass is 16.4. The topological polar surface area (TPSA) is 234 Å². The molecule has 0 spiro atoms. The molecule has 0 rings (SSSR count). The molecule has 0 radical (unpaired) electrons. The quantitative estimate of drug-likeness (QED) is 0.142. The molecular formula is C17H31N5O8. The average Bonchev–Trinajstić information content (AvgIpc) is 2.62. The van der Waals surface area contributed by atoms with Crippen molar-refractivity contribution in [3.05, 3.63) is 0 Å². The van der Waals surface area contributed by atoms with Crippen molar-refractivity contribution in [3.8, 4) is 0 Å². The number of aliphatic hydroxyl groups is 2. The predicted molar refractivity (Wildman–Crippen MR) is 103 cm³/mol. The number of carboxylic acid groups (broad SMARTS) is 1. The number of rotatable bonds is 13. The fraction of sp³-hybridized carbons (Fsp3) is 0.706. The summed E-state index contributed by atoms with van der Waals surface area (Å²) in [5.41, 5.74) is 10.6. The molecule has 13 nitrogen and oxygen atoms in total. The maximum absolute atomic E-state index is 12.7. The Morgan fingerprint density at radius 3 is 1.73 bits per heavy atom. The second-order valence-electron chi connectivity index (χ2n) is 7.27. The third kappa shape index (κ3) is 9.62. The molecule has 0 aromatic carbocycles. The monoisotopic (exact) mass is 433 g/mol. The smallest absolute Gasteiger partial charge is 0.328 e. The maximum atomic E-state index is 12.7. The maximum Gasteiger partial charge on any atom is 0.328 e. The van der Waals surface area contributed by atoms with Gasteiger partial charge in [-0.15, -0.1) is 0 Å².